The van der Waals surface area contributed by atoms with Crippen molar-refractivity contribution in [1.29, 1.82) is 0 Å². The van der Waals surface area contributed by atoms with Gasteiger partial charge in [-0.3, -0.25) is 4.79 Å². The van der Waals surface area contributed by atoms with E-state index in [0.717, 1.165) is 10.9 Å². The molecule has 12 heavy (non-hydrogen) atoms. The molecule has 0 saturated heterocycles. The van der Waals surface area contributed by atoms with E-state index in [-0.39, 0.29) is 0 Å². The maximum Gasteiger partial charge on any atom is 0.252 e. The molecule has 0 aliphatic carbocycles. The van der Waals surface area contributed by atoms with Gasteiger partial charge in [0.25, 0.3) is 5.24 Å². The van der Waals surface area contributed by atoms with Crippen LogP contribution in [-0.4, -0.2) is 10.2 Å². The molecule has 0 radical (unpaired) electrons. The quantitative estimate of drug-likeness (QED) is 0.671. The van der Waals surface area contributed by atoms with Crippen molar-refractivity contribution in [3.05, 3.63) is 36.0 Å². The summed E-state index contributed by atoms with van der Waals surface area (Å²) in [6, 6.07) is 7.26. The molecular weight excluding hydrogens is 174 g/mol. The summed E-state index contributed by atoms with van der Waals surface area (Å²) in [5.74, 6) is 0. The van der Waals surface area contributed by atoms with E-state index in [1.54, 1.807) is 12.1 Å². The Hall–Kier alpha value is -1.28. The number of benzene rings is 1. The van der Waals surface area contributed by atoms with Gasteiger partial charge >= 0.3 is 0 Å². The predicted molar refractivity (Wildman–Crippen MR) is 48.5 cm³/mol. The molecule has 0 fully saturated rings. The fraction of sp³-hybridized carbons (Fsp3) is 0. The second-order valence-corrected chi connectivity index (χ2v) is 2.90. The van der Waals surface area contributed by atoms with Gasteiger partial charge < -0.3 is 4.98 Å². The number of rotatable bonds is 1. The van der Waals surface area contributed by atoms with E-state index in [1.807, 2.05) is 18.3 Å². The molecule has 1 aromatic carbocycles. The van der Waals surface area contributed by atoms with Gasteiger partial charge in [0.2, 0.25) is 0 Å². The summed E-state index contributed by atoms with van der Waals surface area (Å²) in [5.41, 5.74) is 1.45. The summed E-state index contributed by atoms with van der Waals surface area (Å²) in [6.45, 7) is 0. The molecule has 1 N–H and O–H groups in total. The lowest BCUT2D eigenvalue weighted by Gasteiger charge is -1.93. The summed E-state index contributed by atoms with van der Waals surface area (Å²) < 4.78 is 0. The van der Waals surface area contributed by atoms with E-state index < -0.39 is 5.24 Å². The van der Waals surface area contributed by atoms with Crippen LogP contribution in [0.2, 0.25) is 0 Å². The molecule has 0 unspecified atom stereocenters. The van der Waals surface area contributed by atoms with Crippen LogP contribution in [-0.2, 0) is 0 Å². The molecule has 0 atom stereocenters. The smallest absolute Gasteiger partial charge is 0.252 e. The van der Waals surface area contributed by atoms with Crippen molar-refractivity contribution < 1.29 is 4.79 Å². The monoisotopic (exact) mass is 179 g/mol. The van der Waals surface area contributed by atoms with Crippen molar-refractivity contribution in [2.75, 3.05) is 0 Å². The molecule has 60 valence electrons. The van der Waals surface area contributed by atoms with Gasteiger partial charge in [-0.15, -0.1) is 0 Å². The van der Waals surface area contributed by atoms with Crippen LogP contribution in [0, 0.1) is 0 Å². The van der Waals surface area contributed by atoms with E-state index in [4.69, 9.17) is 11.6 Å². The van der Waals surface area contributed by atoms with Gasteiger partial charge in [0.15, 0.2) is 0 Å². The molecule has 2 rings (SSSR count). The molecule has 0 spiro atoms. The number of carbonyl (C=O) groups is 1. The SMILES string of the molecule is O=C(Cl)c1ccc2cc[nH]c2c1. The van der Waals surface area contributed by atoms with Crippen LogP contribution in [0.1, 0.15) is 10.4 Å². The van der Waals surface area contributed by atoms with Crippen LogP contribution in [0.25, 0.3) is 10.9 Å². The number of H-pyrrole nitrogens is 1. The lowest BCUT2D eigenvalue weighted by Crippen LogP contribution is -1.86. The van der Waals surface area contributed by atoms with Gasteiger partial charge in [0.05, 0.1) is 0 Å². The minimum absolute atomic E-state index is 0.425. The Morgan fingerprint density at radius 2 is 2.17 bits per heavy atom. The number of fused-ring (bicyclic) bond motifs is 1. The van der Waals surface area contributed by atoms with Gasteiger partial charge in [-0.1, -0.05) is 6.07 Å². The molecule has 1 aromatic heterocycles. The largest absolute Gasteiger partial charge is 0.361 e. The molecule has 2 nitrogen and oxygen atoms in total. The second-order valence-electron chi connectivity index (χ2n) is 2.55. The average molecular weight is 180 g/mol. The summed E-state index contributed by atoms with van der Waals surface area (Å²) >= 11 is 5.32. The Bertz CT molecular complexity index is 433. The van der Waals surface area contributed by atoms with Crippen LogP contribution in [0.5, 0.6) is 0 Å². The highest BCUT2D eigenvalue weighted by Gasteiger charge is 2.02. The van der Waals surface area contributed by atoms with Crippen LogP contribution in [0.15, 0.2) is 30.5 Å². The van der Waals surface area contributed by atoms with E-state index in [0.29, 0.717) is 5.56 Å². The normalized spacial score (nSPS) is 10.4. The zero-order chi connectivity index (χ0) is 8.55. The van der Waals surface area contributed by atoms with Gasteiger partial charge in [-0.05, 0) is 35.2 Å². The van der Waals surface area contributed by atoms with E-state index in [1.165, 1.54) is 0 Å². The van der Waals surface area contributed by atoms with Crippen molar-refractivity contribution in [2.45, 2.75) is 0 Å². The van der Waals surface area contributed by atoms with Crippen LogP contribution >= 0.6 is 11.6 Å². The number of halogens is 1. The molecule has 0 aliphatic rings. The predicted octanol–water partition coefficient (Wildman–Crippen LogP) is 2.55. The average Bonchev–Trinajstić information content (AvgIpc) is 2.49. The minimum atomic E-state index is -0.425. The zero-order valence-electron chi connectivity index (χ0n) is 6.17. The topological polar surface area (TPSA) is 32.9 Å². The molecule has 2 aromatic rings. The lowest BCUT2D eigenvalue weighted by atomic mass is 10.2. The first-order valence-electron chi connectivity index (χ1n) is 3.54. The summed E-state index contributed by atoms with van der Waals surface area (Å²) in [4.78, 5) is 13.8. The number of aromatic nitrogens is 1. The fourth-order valence-corrected chi connectivity index (χ4v) is 1.29. The van der Waals surface area contributed by atoms with Crippen molar-refractivity contribution in [2.24, 2.45) is 0 Å². The first-order chi connectivity index (χ1) is 5.77. The third-order valence-corrected chi connectivity index (χ3v) is 2.00. The van der Waals surface area contributed by atoms with Gasteiger partial charge in [-0.25, -0.2) is 0 Å². The second kappa shape index (κ2) is 2.64. The van der Waals surface area contributed by atoms with Gasteiger partial charge in [0.1, 0.15) is 0 Å². The fourth-order valence-electron chi connectivity index (χ4n) is 1.17. The third-order valence-electron chi connectivity index (χ3n) is 1.78. The standard InChI is InChI=1S/C9H6ClNO/c10-9(12)7-2-1-6-3-4-11-8(6)5-7/h1-5,11H. The Morgan fingerprint density at radius 1 is 1.33 bits per heavy atom. The van der Waals surface area contributed by atoms with Crippen molar-refractivity contribution in [1.82, 2.24) is 4.98 Å². The number of hydrogen-bond acceptors (Lipinski definition) is 1. The number of nitrogens with one attached hydrogen (secondary N) is 1. The number of carbonyl (C=O) groups excluding carboxylic acids is 1. The molecule has 0 saturated carbocycles. The summed E-state index contributed by atoms with van der Waals surface area (Å²) in [7, 11) is 0. The first kappa shape index (κ1) is 7.37. The molecule has 1 heterocycles. The summed E-state index contributed by atoms with van der Waals surface area (Å²) in [5, 5.41) is 0.656. The summed E-state index contributed by atoms with van der Waals surface area (Å²) in [6.07, 6.45) is 1.83. The Balaban J connectivity index is 2.68. The lowest BCUT2D eigenvalue weighted by molar-refractivity contribution is 0.108. The minimum Gasteiger partial charge on any atom is -0.361 e. The first-order valence-corrected chi connectivity index (χ1v) is 3.92. The Morgan fingerprint density at radius 3 is 2.92 bits per heavy atom. The highest BCUT2D eigenvalue weighted by atomic mass is 35.5. The Kier molecular flexibility index (Phi) is 1.62. The third kappa shape index (κ3) is 1.10. The van der Waals surface area contributed by atoms with E-state index >= 15 is 0 Å². The maximum absolute atomic E-state index is 10.8. The molecule has 0 amide bonds. The molecular formula is C9H6ClNO. The molecule has 3 heteroatoms. The van der Waals surface area contributed by atoms with Gasteiger partial charge in [-0.2, -0.15) is 0 Å². The van der Waals surface area contributed by atoms with Gasteiger partial charge in [0, 0.05) is 17.3 Å². The molecule has 0 bridgehead atoms. The van der Waals surface area contributed by atoms with E-state index in [9.17, 15) is 4.79 Å². The van der Waals surface area contributed by atoms with E-state index in [2.05, 4.69) is 4.98 Å². The van der Waals surface area contributed by atoms with Crippen LogP contribution in [0.3, 0.4) is 0 Å². The van der Waals surface area contributed by atoms with Crippen molar-refractivity contribution in [3.63, 3.8) is 0 Å². The Labute approximate surface area is 74.2 Å². The van der Waals surface area contributed by atoms with Crippen molar-refractivity contribution in [3.8, 4) is 0 Å². The molecule has 0 aliphatic heterocycles. The van der Waals surface area contributed by atoms with Crippen LogP contribution < -0.4 is 0 Å². The number of aromatic amines is 1. The van der Waals surface area contributed by atoms with Crippen molar-refractivity contribution >= 4 is 27.7 Å². The highest BCUT2D eigenvalue weighted by molar-refractivity contribution is 6.67. The maximum atomic E-state index is 10.8. The number of hydrogen-bond donors (Lipinski definition) is 1. The highest BCUT2D eigenvalue weighted by Crippen LogP contribution is 2.15. The van der Waals surface area contributed by atoms with Crippen LogP contribution in [0.4, 0.5) is 0 Å². The zero-order valence-corrected chi connectivity index (χ0v) is 6.93.